The maximum Gasteiger partial charge on any atom is 0.182 e. The second-order valence-corrected chi connectivity index (χ2v) is 7.14. The Balaban J connectivity index is 2.11. The highest BCUT2D eigenvalue weighted by atomic mass is 79.9. The molecule has 5 nitrogen and oxygen atoms in total. The zero-order valence-corrected chi connectivity index (χ0v) is 13.9. The molecule has 0 fully saturated rings. The van der Waals surface area contributed by atoms with Gasteiger partial charge in [-0.25, -0.2) is 4.68 Å². The first-order chi connectivity index (χ1) is 9.86. The molecule has 0 saturated heterocycles. The average Bonchev–Trinajstić information content (AvgIpc) is 2.91. The van der Waals surface area contributed by atoms with E-state index in [4.69, 9.17) is 10.8 Å². The second kappa shape index (κ2) is 4.87. The first kappa shape index (κ1) is 14.1. The molecule has 0 atom stereocenters. The molecule has 6 heteroatoms. The molecule has 0 bridgehead atoms. The maximum atomic E-state index is 6.03. The van der Waals surface area contributed by atoms with Crippen LogP contribution in [-0.2, 0) is 12.0 Å². The van der Waals surface area contributed by atoms with E-state index in [0.717, 1.165) is 26.8 Å². The van der Waals surface area contributed by atoms with Crippen LogP contribution in [0, 0.1) is 0 Å². The molecule has 0 aliphatic rings. The molecule has 0 aliphatic carbocycles. The van der Waals surface area contributed by atoms with Gasteiger partial charge in [-0.05, 0) is 17.7 Å². The van der Waals surface area contributed by atoms with E-state index in [0.29, 0.717) is 12.4 Å². The van der Waals surface area contributed by atoms with Crippen molar-refractivity contribution < 1.29 is 0 Å². The van der Waals surface area contributed by atoms with E-state index < -0.39 is 0 Å². The number of aromatic nitrogens is 4. The number of H-pyrrole nitrogens is 1. The number of benzene rings is 1. The first-order valence-electron chi connectivity index (χ1n) is 6.81. The summed E-state index contributed by atoms with van der Waals surface area (Å²) in [6, 6.07) is 8.18. The third kappa shape index (κ3) is 2.55. The summed E-state index contributed by atoms with van der Waals surface area (Å²) in [6.07, 6.45) is 0. The summed E-state index contributed by atoms with van der Waals surface area (Å²) in [5, 5.41) is 12.8. The highest BCUT2D eigenvalue weighted by molar-refractivity contribution is 9.10. The number of nitrogens with zero attached hydrogens (tertiary/aromatic N) is 3. The van der Waals surface area contributed by atoms with Crippen molar-refractivity contribution in [2.45, 2.75) is 32.7 Å². The number of aromatic amines is 1. The van der Waals surface area contributed by atoms with E-state index in [1.54, 1.807) is 0 Å². The Morgan fingerprint density at radius 3 is 2.76 bits per heavy atom. The van der Waals surface area contributed by atoms with Gasteiger partial charge in [0.25, 0.3) is 0 Å². The molecule has 110 valence electrons. The highest BCUT2D eigenvalue weighted by Crippen LogP contribution is 2.31. The largest absolute Gasteiger partial charge is 0.383 e. The van der Waals surface area contributed by atoms with Gasteiger partial charge >= 0.3 is 0 Å². The Kier molecular flexibility index (Phi) is 3.28. The fourth-order valence-electron chi connectivity index (χ4n) is 2.43. The SMILES string of the molecule is CC(C)(C)c1nn(Cc2cccc(Br)c2)c2n[nH]c(N)c12. The van der Waals surface area contributed by atoms with Crippen molar-refractivity contribution in [2.24, 2.45) is 0 Å². The quantitative estimate of drug-likeness (QED) is 0.745. The van der Waals surface area contributed by atoms with Crippen molar-refractivity contribution in [3.63, 3.8) is 0 Å². The van der Waals surface area contributed by atoms with Crippen LogP contribution in [0.4, 0.5) is 5.82 Å². The molecule has 0 unspecified atom stereocenters. The molecular weight excluding hydrogens is 330 g/mol. The normalized spacial score (nSPS) is 12.2. The molecule has 0 amide bonds. The summed E-state index contributed by atoms with van der Waals surface area (Å²) in [6.45, 7) is 7.05. The van der Waals surface area contributed by atoms with Gasteiger partial charge in [-0.15, -0.1) is 0 Å². The van der Waals surface area contributed by atoms with Crippen LogP contribution in [0.1, 0.15) is 32.0 Å². The van der Waals surface area contributed by atoms with Crippen LogP contribution in [0.3, 0.4) is 0 Å². The number of rotatable bonds is 2. The summed E-state index contributed by atoms with van der Waals surface area (Å²) in [5.41, 5.74) is 8.88. The molecule has 0 saturated carbocycles. The highest BCUT2D eigenvalue weighted by Gasteiger charge is 2.25. The van der Waals surface area contributed by atoms with Crippen LogP contribution in [0.15, 0.2) is 28.7 Å². The van der Waals surface area contributed by atoms with Crippen molar-refractivity contribution >= 4 is 32.8 Å². The van der Waals surface area contributed by atoms with Crippen molar-refractivity contribution in [2.75, 3.05) is 5.73 Å². The van der Waals surface area contributed by atoms with Gasteiger partial charge in [0.1, 0.15) is 5.82 Å². The second-order valence-electron chi connectivity index (χ2n) is 6.22. The van der Waals surface area contributed by atoms with Crippen molar-refractivity contribution in [1.82, 2.24) is 20.0 Å². The third-order valence-electron chi connectivity index (χ3n) is 3.41. The minimum Gasteiger partial charge on any atom is -0.383 e. The molecule has 3 rings (SSSR count). The van der Waals surface area contributed by atoms with Gasteiger partial charge in [-0.2, -0.15) is 10.2 Å². The van der Waals surface area contributed by atoms with E-state index in [2.05, 4.69) is 59.0 Å². The minimum atomic E-state index is -0.0846. The monoisotopic (exact) mass is 347 g/mol. The fourth-order valence-corrected chi connectivity index (χ4v) is 2.87. The summed E-state index contributed by atoms with van der Waals surface area (Å²) in [5.74, 6) is 0.579. The lowest BCUT2D eigenvalue weighted by molar-refractivity contribution is 0.549. The van der Waals surface area contributed by atoms with E-state index >= 15 is 0 Å². The van der Waals surface area contributed by atoms with Gasteiger partial charge in [0, 0.05) is 9.89 Å². The summed E-state index contributed by atoms with van der Waals surface area (Å²) in [7, 11) is 0. The number of nitrogens with one attached hydrogen (secondary N) is 1. The van der Waals surface area contributed by atoms with Crippen LogP contribution in [0.5, 0.6) is 0 Å². The Labute approximate surface area is 131 Å². The standard InChI is InChI=1S/C15H18BrN5/c1-15(2,3)12-11-13(17)18-19-14(11)21(20-12)8-9-5-4-6-10(16)7-9/h4-7H,8H2,1-3H3,(H3,17,18,19). The summed E-state index contributed by atoms with van der Waals surface area (Å²) >= 11 is 3.49. The van der Waals surface area contributed by atoms with Crippen molar-refractivity contribution in [1.29, 1.82) is 0 Å². The Morgan fingerprint density at radius 2 is 2.10 bits per heavy atom. The smallest absolute Gasteiger partial charge is 0.182 e. The van der Waals surface area contributed by atoms with Gasteiger partial charge in [-0.1, -0.05) is 48.8 Å². The number of nitrogen functional groups attached to an aromatic ring is 1. The summed E-state index contributed by atoms with van der Waals surface area (Å²) in [4.78, 5) is 0. The fraction of sp³-hybridized carbons (Fsp3) is 0.333. The maximum absolute atomic E-state index is 6.03. The topological polar surface area (TPSA) is 72.5 Å². The average molecular weight is 348 g/mol. The van der Waals surface area contributed by atoms with E-state index in [-0.39, 0.29) is 5.41 Å². The molecule has 21 heavy (non-hydrogen) atoms. The van der Waals surface area contributed by atoms with Crippen LogP contribution < -0.4 is 5.73 Å². The van der Waals surface area contributed by atoms with Crippen molar-refractivity contribution in [3.8, 4) is 0 Å². The molecule has 2 aromatic heterocycles. The van der Waals surface area contributed by atoms with Crippen LogP contribution in [0.2, 0.25) is 0 Å². The number of fused-ring (bicyclic) bond motifs is 1. The zero-order chi connectivity index (χ0) is 15.2. The molecule has 3 N–H and O–H groups in total. The lowest BCUT2D eigenvalue weighted by Gasteiger charge is -2.15. The predicted molar refractivity (Wildman–Crippen MR) is 88.2 cm³/mol. The van der Waals surface area contributed by atoms with Crippen LogP contribution >= 0.6 is 15.9 Å². The van der Waals surface area contributed by atoms with E-state index in [1.165, 1.54) is 0 Å². The summed E-state index contributed by atoms with van der Waals surface area (Å²) < 4.78 is 2.96. The predicted octanol–water partition coefficient (Wildman–Crippen LogP) is 3.45. The molecule has 0 aliphatic heterocycles. The number of nitrogens with two attached hydrogens (primary N) is 1. The van der Waals surface area contributed by atoms with E-state index in [1.807, 2.05) is 16.8 Å². The van der Waals surface area contributed by atoms with Gasteiger partial charge < -0.3 is 5.73 Å². The Morgan fingerprint density at radius 1 is 1.33 bits per heavy atom. The van der Waals surface area contributed by atoms with Crippen molar-refractivity contribution in [3.05, 3.63) is 40.0 Å². The Bertz CT molecular complexity index is 794. The van der Waals surface area contributed by atoms with Crippen LogP contribution in [0.25, 0.3) is 11.0 Å². The number of hydrogen-bond donors (Lipinski definition) is 2. The lowest BCUT2D eigenvalue weighted by atomic mass is 9.91. The van der Waals surface area contributed by atoms with E-state index in [9.17, 15) is 0 Å². The molecule has 1 aromatic carbocycles. The van der Waals surface area contributed by atoms with Gasteiger partial charge in [0.15, 0.2) is 5.65 Å². The van der Waals surface area contributed by atoms with Gasteiger partial charge in [-0.3, -0.25) is 5.10 Å². The Hall–Kier alpha value is -1.82. The molecular formula is C15H18BrN5. The zero-order valence-electron chi connectivity index (χ0n) is 12.3. The minimum absolute atomic E-state index is 0.0846. The van der Waals surface area contributed by atoms with Crippen LogP contribution in [-0.4, -0.2) is 20.0 Å². The van der Waals surface area contributed by atoms with Gasteiger partial charge in [0.05, 0.1) is 17.6 Å². The molecule has 2 heterocycles. The third-order valence-corrected chi connectivity index (χ3v) is 3.90. The molecule has 0 radical (unpaired) electrons. The lowest BCUT2D eigenvalue weighted by Crippen LogP contribution is -2.14. The molecule has 0 spiro atoms. The number of anilines is 1. The van der Waals surface area contributed by atoms with Gasteiger partial charge in [0.2, 0.25) is 0 Å². The number of halogens is 1. The number of hydrogen-bond acceptors (Lipinski definition) is 3. The first-order valence-corrected chi connectivity index (χ1v) is 7.61. The molecule has 3 aromatic rings.